The highest BCUT2D eigenvalue weighted by Gasteiger charge is 2.31. The lowest BCUT2D eigenvalue weighted by atomic mass is 9.99. The van der Waals surface area contributed by atoms with E-state index in [-0.39, 0.29) is 28.7 Å². The van der Waals surface area contributed by atoms with Crippen molar-refractivity contribution in [3.05, 3.63) is 80.8 Å². The van der Waals surface area contributed by atoms with Crippen molar-refractivity contribution in [3.8, 4) is 11.1 Å². The fraction of sp³-hybridized carbons (Fsp3) is 0.412. The van der Waals surface area contributed by atoms with Gasteiger partial charge in [-0.15, -0.1) is 11.8 Å². The van der Waals surface area contributed by atoms with Gasteiger partial charge in [0, 0.05) is 43.8 Å². The van der Waals surface area contributed by atoms with Crippen LogP contribution in [-0.2, 0) is 11.8 Å². The zero-order valence-electron chi connectivity index (χ0n) is 25.3. The van der Waals surface area contributed by atoms with E-state index in [2.05, 4.69) is 15.6 Å². The summed E-state index contributed by atoms with van der Waals surface area (Å²) >= 11 is 1.74. The second-order valence-electron chi connectivity index (χ2n) is 12.0. The van der Waals surface area contributed by atoms with Gasteiger partial charge in [0.05, 0.1) is 16.9 Å². The Labute approximate surface area is 261 Å². The average Bonchev–Trinajstić information content (AvgIpc) is 3.31. The number of nitrogens with zero attached hydrogens (tertiary/aromatic N) is 3. The lowest BCUT2D eigenvalue weighted by Crippen LogP contribution is -2.40. The van der Waals surface area contributed by atoms with Crippen LogP contribution >= 0.6 is 11.8 Å². The molecule has 4 heterocycles. The number of anilines is 3. The van der Waals surface area contributed by atoms with Crippen LogP contribution in [0.5, 0.6) is 0 Å². The van der Waals surface area contributed by atoms with E-state index in [9.17, 15) is 19.5 Å². The van der Waals surface area contributed by atoms with E-state index < -0.39 is 0 Å². The predicted molar refractivity (Wildman–Crippen MR) is 175 cm³/mol. The van der Waals surface area contributed by atoms with Crippen LogP contribution in [0.2, 0.25) is 0 Å². The molecule has 2 aromatic heterocycles. The molecule has 44 heavy (non-hydrogen) atoms. The normalized spacial score (nSPS) is 19.0. The smallest absolute Gasteiger partial charge is 0.274 e. The van der Waals surface area contributed by atoms with Crippen molar-refractivity contribution in [2.45, 2.75) is 69.6 Å². The SMILES string of the molecule is Cc1c(NC(=O)C2CC3=C(CCCCC3)S2)cccc1-c1cc(Nc2ccc(C(=O)N3CCC(O)CC3)cn2)c(=O)n(C)c1. The summed E-state index contributed by atoms with van der Waals surface area (Å²) in [5, 5.41) is 16.0. The number of rotatable bonds is 6. The van der Waals surface area contributed by atoms with Crippen molar-refractivity contribution < 1.29 is 14.7 Å². The maximum atomic E-state index is 13.3. The number of carbonyl (C=O) groups excluding carboxylic acids is 2. The second kappa shape index (κ2) is 13.0. The molecule has 2 aliphatic heterocycles. The summed E-state index contributed by atoms with van der Waals surface area (Å²) in [6, 6.07) is 11.0. The molecule has 1 atom stereocenters. The quantitative estimate of drug-likeness (QED) is 0.324. The molecule has 3 aromatic rings. The molecular weight excluding hydrogens is 574 g/mol. The molecule has 6 rings (SSSR count). The van der Waals surface area contributed by atoms with Crippen molar-refractivity contribution in [2.24, 2.45) is 7.05 Å². The summed E-state index contributed by atoms with van der Waals surface area (Å²) in [5.41, 5.74) is 5.51. The van der Waals surface area contributed by atoms with E-state index in [0.717, 1.165) is 41.6 Å². The summed E-state index contributed by atoms with van der Waals surface area (Å²) in [7, 11) is 1.71. The van der Waals surface area contributed by atoms with E-state index in [1.807, 2.05) is 25.1 Å². The second-order valence-corrected chi connectivity index (χ2v) is 13.3. The van der Waals surface area contributed by atoms with Gasteiger partial charge in [0.25, 0.3) is 11.5 Å². The number of likely N-dealkylation sites (tertiary alicyclic amines) is 1. The van der Waals surface area contributed by atoms with Crippen molar-refractivity contribution in [3.63, 3.8) is 0 Å². The Morgan fingerprint density at radius 2 is 1.84 bits per heavy atom. The molecular formula is C34H39N5O4S. The largest absolute Gasteiger partial charge is 0.393 e. The Morgan fingerprint density at radius 3 is 2.61 bits per heavy atom. The fourth-order valence-corrected chi connectivity index (χ4v) is 7.70. The highest BCUT2D eigenvalue weighted by Crippen LogP contribution is 2.44. The molecule has 1 saturated heterocycles. The minimum absolute atomic E-state index is 0.0389. The molecule has 0 saturated carbocycles. The van der Waals surface area contributed by atoms with E-state index in [1.54, 1.807) is 48.1 Å². The fourth-order valence-electron chi connectivity index (χ4n) is 6.29. The van der Waals surface area contributed by atoms with Crippen molar-refractivity contribution in [1.82, 2.24) is 14.5 Å². The molecule has 1 aliphatic carbocycles. The number of aliphatic hydroxyl groups excluding tert-OH is 1. The third-order valence-corrected chi connectivity index (χ3v) is 10.3. The monoisotopic (exact) mass is 613 g/mol. The van der Waals surface area contributed by atoms with Crippen molar-refractivity contribution in [2.75, 3.05) is 23.7 Å². The number of carbonyl (C=O) groups is 2. The molecule has 10 heteroatoms. The first-order chi connectivity index (χ1) is 21.3. The minimum Gasteiger partial charge on any atom is -0.393 e. The van der Waals surface area contributed by atoms with Gasteiger partial charge in [-0.1, -0.05) is 24.1 Å². The zero-order chi connectivity index (χ0) is 30.8. The molecule has 1 unspecified atom stereocenters. The number of amides is 2. The number of aryl methyl sites for hydroxylation is 1. The lowest BCUT2D eigenvalue weighted by molar-refractivity contribution is -0.115. The van der Waals surface area contributed by atoms with Gasteiger partial charge in [0.2, 0.25) is 5.91 Å². The van der Waals surface area contributed by atoms with Crippen molar-refractivity contribution in [1.29, 1.82) is 0 Å². The van der Waals surface area contributed by atoms with Crippen LogP contribution in [0.25, 0.3) is 11.1 Å². The Bertz CT molecular complexity index is 1640. The number of piperidine rings is 1. The standard InChI is InChI=1S/C34H39N5O4S/c1-21-26(8-6-9-27(21)37-32(41)30-18-22-7-4-3-5-10-29(22)44-30)24-17-28(34(43)38(2)20-24)36-31-12-11-23(19-35-31)33(42)39-15-13-25(40)14-16-39/h6,8-9,11-12,17,19-20,25,30,40H,3-5,7,10,13-16,18H2,1-2H3,(H,35,36)(H,37,41). The third-order valence-electron chi connectivity index (χ3n) is 8.90. The van der Waals surface area contributed by atoms with Crippen LogP contribution in [-0.4, -0.2) is 55.8 Å². The Morgan fingerprint density at radius 1 is 1.05 bits per heavy atom. The molecule has 230 valence electrons. The van der Waals surface area contributed by atoms with E-state index in [0.29, 0.717) is 43.0 Å². The van der Waals surface area contributed by atoms with Gasteiger partial charge in [-0.2, -0.15) is 0 Å². The molecule has 0 bridgehead atoms. The highest BCUT2D eigenvalue weighted by atomic mass is 32.2. The first-order valence-corrected chi connectivity index (χ1v) is 16.3. The summed E-state index contributed by atoms with van der Waals surface area (Å²) in [6.07, 6.45) is 10.9. The number of hydrogen-bond acceptors (Lipinski definition) is 7. The van der Waals surface area contributed by atoms with Crippen molar-refractivity contribution >= 4 is 40.8 Å². The molecule has 3 aliphatic rings. The summed E-state index contributed by atoms with van der Waals surface area (Å²) in [6.45, 7) is 3.02. The van der Waals surface area contributed by atoms with Gasteiger partial charge in [-0.3, -0.25) is 14.4 Å². The first-order valence-electron chi connectivity index (χ1n) is 15.5. The van der Waals surface area contributed by atoms with Gasteiger partial charge < -0.3 is 25.2 Å². The summed E-state index contributed by atoms with van der Waals surface area (Å²) in [5.74, 6) is 0.370. The minimum atomic E-state index is -0.351. The number of aromatic nitrogens is 2. The van der Waals surface area contributed by atoms with Crippen LogP contribution < -0.4 is 16.2 Å². The molecule has 9 nitrogen and oxygen atoms in total. The Balaban J connectivity index is 1.17. The van der Waals surface area contributed by atoms with Gasteiger partial charge in [0.1, 0.15) is 11.5 Å². The first kappa shape index (κ1) is 30.1. The number of pyridine rings is 2. The number of hydrogen-bond donors (Lipinski definition) is 3. The topological polar surface area (TPSA) is 117 Å². The molecule has 0 radical (unpaired) electrons. The highest BCUT2D eigenvalue weighted by molar-refractivity contribution is 8.04. The Kier molecular flexibility index (Phi) is 8.91. The number of thioether (sulfide) groups is 1. The van der Waals surface area contributed by atoms with Crippen LogP contribution in [0.3, 0.4) is 0 Å². The molecule has 1 fully saturated rings. The number of allylic oxidation sites excluding steroid dienone is 2. The van der Waals surface area contributed by atoms with E-state index in [1.165, 1.54) is 40.5 Å². The Hall–Kier alpha value is -3.89. The van der Waals surface area contributed by atoms with E-state index in [4.69, 9.17) is 0 Å². The van der Waals surface area contributed by atoms with Gasteiger partial charge in [-0.05, 0) is 92.2 Å². The number of benzene rings is 1. The third kappa shape index (κ3) is 6.46. The number of nitrogens with one attached hydrogen (secondary N) is 2. The van der Waals surface area contributed by atoms with Crippen LogP contribution in [0.1, 0.15) is 67.3 Å². The molecule has 2 amide bonds. The van der Waals surface area contributed by atoms with Gasteiger partial charge >= 0.3 is 0 Å². The number of aliphatic hydroxyl groups is 1. The molecule has 3 N–H and O–H groups in total. The summed E-state index contributed by atoms with van der Waals surface area (Å²) < 4.78 is 1.53. The zero-order valence-corrected chi connectivity index (χ0v) is 26.1. The predicted octanol–water partition coefficient (Wildman–Crippen LogP) is 5.76. The van der Waals surface area contributed by atoms with Crippen LogP contribution in [0, 0.1) is 6.92 Å². The maximum absolute atomic E-state index is 13.3. The van der Waals surface area contributed by atoms with Crippen LogP contribution in [0.15, 0.2) is 64.1 Å². The molecule has 0 spiro atoms. The van der Waals surface area contributed by atoms with Crippen LogP contribution in [0.4, 0.5) is 17.2 Å². The van der Waals surface area contributed by atoms with Gasteiger partial charge in [-0.25, -0.2) is 4.98 Å². The summed E-state index contributed by atoms with van der Waals surface area (Å²) in [4.78, 5) is 46.8. The van der Waals surface area contributed by atoms with E-state index >= 15 is 0 Å². The lowest BCUT2D eigenvalue weighted by Gasteiger charge is -2.29. The van der Waals surface area contributed by atoms with Gasteiger partial charge in [0.15, 0.2) is 0 Å². The maximum Gasteiger partial charge on any atom is 0.274 e. The molecule has 1 aromatic carbocycles. The average molecular weight is 614 g/mol.